The lowest BCUT2D eigenvalue weighted by Crippen LogP contribution is -2.27. The molecule has 2 fully saturated rings. The molecule has 5 rings (SSSR count). The molecule has 3 heterocycles. The number of rotatable bonds is 9. The minimum absolute atomic E-state index is 0.0691. The van der Waals surface area contributed by atoms with Crippen LogP contribution in [0.15, 0.2) is 29.4 Å². The van der Waals surface area contributed by atoms with Gasteiger partial charge in [0.2, 0.25) is 0 Å². The van der Waals surface area contributed by atoms with E-state index in [0.717, 1.165) is 30.4 Å². The predicted octanol–water partition coefficient (Wildman–Crippen LogP) is 3.44. The van der Waals surface area contributed by atoms with E-state index in [-0.39, 0.29) is 34.1 Å². The van der Waals surface area contributed by atoms with Gasteiger partial charge >= 0.3 is 5.97 Å². The molecule has 0 amide bonds. The van der Waals surface area contributed by atoms with Crippen molar-refractivity contribution >= 4 is 43.8 Å². The minimum atomic E-state index is -3.72. The number of carbonyl (C=O) groups excluding carboxylic acids is 1. The van der Waals surface area contributed by atoms with Gasteiger partial charge in [0, 0.05) is 18.6 Å². The number of nitrogens with zero attached hydrogens (tertiary/aromatic N) is 3. The molecule has 1 aromatic carbocycles. The van der Waals surface area contributed by atoms with Crippen molar-refractivity contribution in [3.63, 3.8) is 0 Å². The quantitative estimate of drug-likeness (QED) is 0.454. The van der Waals surface area contributed by atoms with Gasteiger partial charge in [0.25, 0.3) is 0 Å². The van der Waals surface area contributed by atoms with Crippen molar-refractivity contribution in [1.29, 1.82) is 0 Å². The molecule has 1 aliphatic heterocycles. The van der Waals surface area contributed by atoms with E-state index in [9.17, 15) is 27.5 Å². The molecule has 1 N–H and O–H groups in total. The van der Waals surface area contributed by atoms with E-state index in [1.807, 2.05) is 0 Å². The molecule has 1 saturated carbocycles. The van der Waals surface area contributed by atoms with Crippen molar-refractivity contribution in [2.24, 2.45) is 5.92 Å². The summed E-state index contributed by atoms with van der Waals surface area (Å²) in [5, 5.41) is 13.7. The zero-order chi connectivity index (χ0) is 24.7. The number of Topliss-reactive ketones (excluding diaryl/α,β-unsaturated/α-hetero) is 1. The SMILES string of the molecule is O=C(O)c1cc(S(=O)(=O)C2CC2)c2cnn(C(CC3CCOCC3)C(=O)Cc3ncc(F)s3)c2c1. The number of hydrogen-bond donors (Lipinski definition) is 1. The highest BCUT2D eigenvalue weighted by Crippen LogP contribution is 2.38. The third kappa shape index (κ3) is 4.87. The Balaban J connectivity index is 1.60. The minimum Gasteiger partial charge on any atom is -0.478 e. The van der Waals surface area contributed by atoms with E-state index in [0.29, 0.717) is 42.9 Å². The summed E-state index contributed by atoms with van der Waals surface area (Å²) in [4.78, 5) is 29.2. The van der Waals surface area contributed by atoms with Gasteiger partial charge < -0.3 is 9.84 Å². The Morgan fingerprint density at radius 2 is 1.94 bits per heavy atom. The molecule has 3 aromatic rings. The number of fused-ring (bicyclic) bond motifs is 1. The largest absolute Gasteiger partial charge is 0.478 e. The van der Waals surface area contributed by atoms with Gasteiger partial charge in [0.1, 0.15) is 11.0 Å². The summed E-state index contributed by atoms with van der Waals surface area (Å²) in [6.07, 6.45) is 5.37. The number of benzene rings is 1. The number of sulfone groups is 1. The van der Waals surface area contributed by atoms with E-state index < -0.39 is 32.2 Å². The van der Waals surface area contributed by atoms with Gasteiger partial charge in [0.05, 0.1) is 40.0 Å². The Hall–Kier alpha value is -2.70. The van der Waals surface area contributed by atoms with Gasteiger partial charge in [-0.05, 0) is 50.2 Å². The zero-order valence-corrected chi connectivity index (χ0v) is 20.4. The summed E-state index contributed by atoms with van der Waals surface area (Å²) in [5.74, 6) is -1.34. The van der Waals surface area contributed by atoms with E-state index in [2.05, 4.69) is 10.1 Å². The van der Waals surface area contributed by atoms with Crippen molar-refractivity contribution in [3.05, 3.63) is 40.2 Å². The van der Waals surface area contributed by atoms with Crippen LogP contribution in [-0.2, 0) is 25.8 Å². The Morgan fingerprint density at radius 3 is 2.57 bits per heavy atom. The zero-order valence-electron chi connectivity index (χ0n) is 18.7. The molecule has 2 aromatic heterocycles. The second-order valence-electron chi connectivity index (χ2n) is 9.05. The van der Waals surface area contributed by atoms with Crippen LogP contribution in [0.2, 0.25) is 0 Å². The van der Waals surface area contributed by atoms with Crippen LogP contribution in [0, 0.1) is 11.0 Å². The van der Waals surface area contributed by atoms with Crippen LogP contribution in [-0.4, -0.2) is 58.5 Å². The van der Waals surface area contributed by atoms with Crippen LogP contribution in [0.25, 0.3) is 10.9 Å². The molecule has 1 saturated heterocycles. The van der Waals surface area contributed by atoms with Gasteiger partial charge in [-0.3, -0.25) is 9.48 Å². The number of aromatic nitrogens is 3. The second kappa shape index (κ2) is 9.40. The third-order valence-electron chi connectivity index (χ3n) is 6.61. The second-order valence-corrected chi connectivity index (χ2v) is 12.3. The number of halogens is 1. The lowest BCUT2D eigenvalue weighted by molar-refractivity contribution is -0.122. The maximum atomic E-state index is 13.5. The van der Waals surface area contributed by atoms with Crippen LogP contribution < -0.4 is 0 Å². The summed E-state index contributed by atoms with van der Waals surface area (Å²) in [6.45, 7) is 1.16. The maximum Gasteiger partial charge on any atom is 0.335 e. The van der Waals surface area contributed by atoms with E-state index in [1.165, 1.54) is 23.0 Å². The topological polar surface area (TPSA) is 128 Å². The normalized spacial score (nSPS) is 18.1. The molecule has 0 radical (unpaired) electrons. The van der Waals surface area contributed by atoms with Crippen molar-refractivity contribution in [3.8, 4) is 0 Å². The Labute approximate surface area is 204 Å². The average Bonchev–Trinajstić information content (AvgIpc) is 3.51. The van der Waals surface area contributed by atoms with Crippen molar-refractivity contribution < 1.29 is 32.2 Å². The summed E-state index contributed by atoms with van der Waals surface area (Å²) >= 11 is 0.797. The van der Waals surface area contributed by atoms with Crippen molar-refractivity contribution in [1.82, 2.24) is 14.8 Å². The first-order chi connectivity index (χ1) is 16.7. The summed E-state index contributed by atoms with van der Waals surface area (Å²) in [6, 6.07) is 1.75. The summed E-state index contributed by atoms with van der Waals surface area (Å²) < 4.78 is 46.6. The first-order valence-corrected chi connectivity index (χ1v) is 13.8. The van der Waals surface area contributed by atoms with Crippen LogP contribution in [0.5, 0.6) is 0 Å². The molecule has 1 unspecified atom stereocenters. The average molecular weight is 522 g/mol. The molecule has 35 heavy (non-hydrogen) atoms. The van der Waals surface area contributed by atoms with Gasteiger partial charge in [-0.15, -0.1) is 0 Å². The number of ketones is 1. The van der Waals surface area contributed by atoms with Crippen LogP contribution >= 0.6 is 11.3 Å². The first kappa shape index (κ1) is 24.0. The lowest BCUT2D eigenvalue weighted by Gasteiger charge is -2.26. The fourth-order valence-electron chi connectivity index (χ4n) is 4.58. The molecular formula is C23H24FN3O6S2. The number of carboxylic acids is 1. The Morgan fingerprint density at radius 1 is 1.20 bits per heavy atom. The molecule has 2 aliphatic rings. The predicted molar refractivity (Wildman–Crippen MR) is 125 cm³/mol. The Kier molecular flexibility index (Phi) is 6.45. The summed E-state index contributed by atoms with van der Waals surface area (Å²) in [5.41, 5.74) is 0.0950. The fraction of sp³-hybridized carbons (Fsp3) is 0.478. The number of hydrogen-bond acceptors (Lipinski definition) is 8. The van der Waals surface area contributed by atoms with Crippen LogP contribution in [0.1, 0.15) is 53.5 Å². The van der Waals surface area contributed by atoms with Gasteiger partial charge in [-0.1, -0.05) is 11.3 Å². The van der Waals surface area contributed by atoms with Gasteiger partial charge in [0.15, 0.2) is 20.8 Å². The summed E-state index contributed by atoms with van der Waals surface area (Å²) in [7, 11) is -3.72. The van der Waals surface area contributed by atoms with Crippen LogP contribution in [0.3, 0.4) is 0 Å². The molecular weight excluding hydrogens is 497 g/mol. The molecule has 1 atom stereocenters. The molecule has 0 bridgehead atoms. The third-order valence-corrected chi connectivity index (χ3v) is 9.70. The van der Waals surface area contributed by atoms with E-state index >= 15 is 0 Å². The number of carbonyl (C=O) groups is 2. The highest BCUT2D eigenvalue weighted by Gasteiger charge is 2.39. The standard InChI is InChI=1S/C23H24FN3O6S2/c24-21-12-25-22(34-21)10-19(28)18(7-13-3-5-33-6-4-13)27-17-8-14(23(29)30)9-20(16(17)11-26-27)35(31,32)15-1-2-15/h8-9,11-13,15,18H,1-7,10H2,(H,29,30). The number of thiazole rings is 1. The van der Waals surface area contributed by atoms with E-state index in [4.69, 9.17) is 4.74 Å². The first-order valence-electron chi connectivity index (χ1n) is 11.4. The van der Waals surface area contributed by atoms with E-state index in [1.54, 1.807) is 0 Å². The maximum absolute atomic E-state index is 13.5. The van der Waals surface area contributed by atoms with Crippen molar-refractivity contribution in [2.45, 2.75) is 54.7 Å². The molecule has 12 heteroatoms. The smallest absolute Gasteiger partial charge is 0.335 e. The molecule has 0 spiro atoms. The number of ether oxygens (including phenoxy) is 1. The number of carboxylic acid groups (broad SMARTS) is 1. The molecule has 186 valence electrons. The Bertz CT molecular complexity index is 1390. The molecule has 1 aliphatic carbocycles. The monoisotopic (exact) mass is 521 g/mol. The number of aromatic carboxylic acids is 1. The molecule has 9 nitrogen and oxygen atoms in total. The van der Waals surface area contributed by atoms with Crippen molar-refractivity contribution in [2.75, 3.05) is 13.2 Å². The highest BCUT2D eigenvalue weighted by molar-refractivity contribution is 7.92. The van der Waals surface area contributed by atoms with Gasteiger partial charge in [-0.25, -0.2) is 18.2 Å². The van der Waals surface area contributed by atoms with Crippen LogP contribution in [0.4, 0.5) is 4.39 Å². The highest BCUT2D eigenvalue weighted by atomic mass is 32.2. The lowest BCUT2D eigenvalue weighted by atomic mass is 9.90. The van der Waals surface area contributed by atoms with Gasteiger partial charge in [-0.2, -0.15) is 9.49 Å². The fourth-order valence-corrected chi connectivity index (χ4v) is 7.10.